The molecule has 6 nitrogen and oxygen atoms in total. The fourth-order valence-electron chi connectivity index (χ4n) is 4.61. The van der Waals surface area contributed by atoms with Gasteiger partial charge in [-0.3, -0.25) is 9.69 Å². The molecule has 1 amide bonds. The second kappa shape index (κ2) is 10.6. The van der Waals surface area contributed by atoms with Crippen molar-refractivity contribution in [1.29, 1.82) is 0 Å². The Morgan fingerprint density at radius 1 is 1.29 bits per heavy atom. The van der Waals surface area contributed by atoms with Crippen LogP contribution in [-0.4, -0.2) is 60.1 Å². The Balaban J connectivity index is 1.39. The van der Waals surface area contributed by atoms with Crippen LogP contribution in [0.1, 0.15) is 41.9 Å². The summed E-state index contributed by atoms with van der Waals surface area (Å²) in [4.78, 5) is 22.6. The maximum Gasteiger partial charge on any atom is 0.226 e. The molecule has 2 aromatic rings. The number of likely N-dealkylation sites (tertiary alicyclic amines) is 1. The Morgan fingerprint density at radius 2 is 2.10 bits per heavy atom. The molecule has 4 rings (SSSR count). The van der Waals surface area contributed by atoms with Gasteiger partial charge in [-0.05, 0) is 51.8 Å². The minimum Gasteiger partial charge on any atom is -0.496 e. The number of hydrogen-bond acceptors (Lipinski definition) is 6. The molecular formula is C24H33N3O3S. The van der Waals surface area contributed by atoms with Crippen LogP contribution in [0.25, 0.3) is 0 Å². The third-order valence-corrected chi connectivity index (χ3v) is 7.12. The monoisotopic (exact) mass is 443 g/mol. The Bertz CT molecular complexity index is 857. The van der Waals surface area contributed by atoms with E-state index in [1.54, 1.807) is 18.4 Å². The molecule has 2 fully saturated rings. The summed E-state index contributed by atoms with van der Waals surface area (Å²) >= 11 is 1.70. The second-order valence-electron chi connectivity index (χ2n) is 8.57. The SMILES string of the molecule is COc1ccccc1CN(CC1CCCO1)C(=O)C1CCN(Cc2csc(C)n2)CC1. The van der Waals surface area contributed by atoms with Gasteiger partial charge in [0.2, 0.25) is 5.91 Å². The largest absolute Gasteiger partial charge is 0.496 e. The zero-order chi connectivity index (χ0) is 21.6. The van der Waals surface area contributed by atoms with Gasteiger partial charge < -0.3 is 14.4 Å². The van der Waals surface area contributed by atoms with Gasteiger partial charge in [0.05, 0.1) is 23.9 Å². The maximum atomic E-state index is 13.6. The number of carbonyl (C=O) groups excluding carboxylic acids is 1. The molecule has 1 aromatic heterocycles. The molecule has 0 spiro atoms. The number of para-hydroxylation sites is 1. The number of piperidine rings is 1. The highest BCUT2D eigenvalue weighted by Crippen LogP contribution is 2.26. The number of aryl methyl sites for hydroxylation is 1. The van der Waals surface area contributed by atoms with Crippen molar-refractivity contribution in [3.63, 3.8) is 0 Å². The van der Waals surface area contributed by atoms with E-state index in [0.29, 0.717) is 13.1 Å². The third-order valence-electron chi connectivity index (χ3n) is 6.30. The topological polar surface area (TPSA) is 54.9 Å². The van der Waals surface area contributed by atoms with E-state index < -0.39 is 0 Å². The van der Waals surface area contributed by atoms with Crippen LogP contribution in [0.3, 0.4) is 0 Å². The molecule has 2 aliphatic rings. The van der Waals surface area contributed by atoms with Crippen LogP contribution in [0.5, 0.6) is 5.75 Å². The first-order valence-electron chi connectivity index (χ1n) is 11.3. The highest BCUT2D eigenvalue weighted by atomic mass is 32.1. The third kappa shape index (κ3) is 5.84. The smallest absolute Gasteiger partial charge is 0.226 e. The van der Waals surface area contributed by atoms with E-state index >= 15 is 0 Å². The lowest BCUT2D eigenvalue weighted by Gasteiger charge is -2.35. The molecule has 1 aromatic carbocycles. The average molecular weight is 444 g/mol. The van der Waals surface area contributed by atoms with E-state index in [1.807, 2.05) is 36.1 Å². The maximum absolute atomic E-state index is 13.6. The van der Waals surface area contributed by atoms with Gasteiger partial charge in [-0.15, -0.1) is 11.3 Å². The first-order chi connectivity index (χ1) is 15.1. The summed E-state index contributed by atoms with van der Waals surface area (Å²) in [5.74, 6) is 1.16. The predicted molar refractivity (Wildman–Crippen MR) is 122 cm³/mol. The zero-order valence-corrected chi connectivity index (χ0v) is 19.4. The summed E-state index contributed by atoms with van der Waals surface area (Å²) in [5, 5.41) is 3.25. The fraction of sp³-hybridized carbons (Fsp3) is 0.583. The number of rotatable bonds is 8. The fourth-order valence-corrected chi connectivity index (χ4v) is 5.22. The molecule has 0 aliphatic carbocycles. The first kappa shape index (κ1) is 22.2. The number of nitrogens with zero attached hydrogens (tertiary/aromatic N) is 3. The lowest BCUT2D eigenvalue weighted by molar-refractivity contribution is -0.139. The van der Waals surface area contributed by atoms with E-state index in [1.165, 1.54) is 0 Å². The number of ether oxygens (including phenoxy) is 2. The van der Waals surface area contributed by atoms with E-state index in [9.17, 15) is 4.79 Å². The number of thiazole rings is 1. The molecular weight excluding hydrogens is 410 g/mol. The molecule has 168 valence electrons. The van der Waals surface area contributed by atoms with Crippen LogP contribution in [0.2, 0.25) is 0 Å². The minimum atomic E-state index is 0.0736. The Labute approximate surface area is 189 Å². The van der Waals surface area contributed by atoms with E-state index in [2.05, 4.69) is 15.3 Å². The van der Waals surface area contributed by atoms with E-state index in [4.69, 9.17) is 9.47 Å². The van der Waals surface area contributed by atoms with Crippen molar-refractivity contribution in [3.8, 4) is 5.75 Å². The molecule has 3 heterocycles. The van der Waals surface area contributed by atoms with E-state index in [-0.39, 0.29) is 17.9 Å². The molecule has 1 atom stereocenters. The van der Waals surface area contributed by atoms with Crippen molar-refractivity contribution in [2.75, 3.05) is 33.4 Å². The summed E-state index contributed by atoms with van der Waals surface area (Å²) in [6.45, 7) is 6.84. The number of amides is 1. The van der Waals surface area contributed by atoms with Crippen molar-refractivity contribution in [2.45, 2.75) is 51.8 Å². The van der Waals surface area contributed by atoms with Crippen molar-refractivity contribution in [1.82, 2.24) is 14.8 Å². The molecule has 2 aliphatic heterocycles. The number of benzene rings is 1. The minimum absolute atomic E-state index is 0.0736. The van der Waals surface area contributed by atoms with Gasteiger partial charge in [-0.1, -0.05) is 18.2 Å². The van der Waals surface area contributed by atoms with Crippen LogP contribution >= 0.6 is 11.3 Å². The molecule has 0 bridgehead atoms. The second-order valence-corrected chi connectivity index (χ2v) is 9.64. The summed E-state index contributed by atoms with van der Waals surface area (Å²) < 4.78 is 11.4. The molecule has 0 saturated carbocycles. The van der Waals surface area contributed by atoms with Crippen molar-refractivity contribution in [3.05, 3.63) is 45.9 Å². The highest BCUT2D eigenvalue weighted by molar-refractivity contribution is 7.09. The summed E-state index contributed by atoms with van der Waals surface area (Å²) in [6.07, 6.45) is 4.05. The first-order valence-corrected chi connectivity index (χ1v) is 12.2. The summed E-state index contributed by atoms with van der Waals surface area (Å²) in [7, 11) is 1.69. The predicted octanol–water partition coefficient (Wildman–Crippen LogP) is 3.88. The quantitative estimate of drug-likeness (QED) is 0.620. The van der Waals surface area contributed by atoms with Gasteiger partial charge in [0.25, 0.3) is 0 Å². The molecule has 1 unspecified atom stereocenters. The van der Waals surface area contributed by atoms with Gasteiger partial charge in [0.1, 0.15) is 5.75 Å². The molecule has 0 radical (unpaired) electrons. The van der Waals surface area contributed by atoms with Gasteiger partial charge in [-0.2, -0.15) is 0 Å². The van der Waals surface area contributed by atoms with Gasteiger partial charge in [0.15, 0.2) is 0 Å². The number of methoxy groups -OCH3 is 1. The Kier molecular flexibility index (Phi) is 7.58. The highest BCUT2D eigenvalue weighted by Gasteiger charge is 2.31. The van der Waals surface area contributed by atoms with Crippen LogP contribution in [0, 0.1) is 12.8 Å². The standard InChI is InChI=1S/C24H33N3O3S/c1-18-25-21(17-31-18)15-26-11-9-19(10-12-26)24(28)27(16-22-7-5-13-30-22)14-20-6-3-4-8-23(20)29-2/h3-4,6,8,17,19,22H,5,7,9-16H2,1-2H3. The lowest BCUT2D eigenvalue weighted by Crippen LogP contribution is -2.44. The van der Waals surface area contributed by atoms with Crippen LogP contribution < -0.4 is 4.74 Å². The van der Waals surface area contributed by atoms with E-state index in [0.717, 1.165) is 73.9 Å². The van der Waals surface area contributed by atoms with Crippen LogP contribution in [0.4, 0.5) is 0 Å². The van der Waals surface area contributed by atoms with Gasteiger partial charge in [0, 0.05) is 43.1 Å². The zero-order valence-electron chi connectivity index (χ0n) is 18.6. The lowest BCUT2D eigenvalue weighted by atomic mass is 9.94. The van der Waals surface area contributed by atoms with Crippen molar-refractivity contribution < 1.29 is 14.3 Å². The summed E-state index contributed by atoms with van der Waals surface area (Å²) in [5.41, 5.74) is 2.19. The Hall–Kier alpha value is -1.96. The molecule has 31 heavy (non-hydrogen) atoms. The molecule has 0 N–H and O–H groups in total. The number of hydrogen-bond donors (Lipinski definition) is 0. The average Bonchev–Trinajstić information content (AvgIpc) is 3.45. The molecule has 7 heteroatoms. The normalized spacial score (nSPS) is 20.1. The molecule has 2 saturated heterocycles. The van der Waals surface area contributed by atoms with Crippen molar-refractivity contribution in [2.24, 2.45) is 5.92 Å². The van der Waals surface area contributed by atoms with Crippen LogP contribution in [0.15, 0.2) is 29.6 Å². The number of aromatic nitrogens is 1. The number of carbonyl (C=O) groups is 1. The summed E-state index contributed by atoms with van der Waals surface area (Å²) in [6, 6.07) is 7.98. The van der Waals surface area contributed by atoms with Gasteiger partial charge in [-0.25, -0.2) is 4.98 Å². The Morgan fingerprint density at radius 3 is 2.77 bits per heavy atom. The van der Waals surface area contributed by atoms with Crippen molar-refractivity contribution >= 4 is 17.2 Å². The van der Waals surface area contributed by atoms with Crippen LogP contribution in [-0.2, 0) is 22.6 Å². The van der Waals surface area contributed by atoms with Gasteiger partial charge >= 0.3 is 0 Å².